The molecule has 0 aromatic rings. The van der Waals surface area contributed by atoms with Gasteiger partial charge in [0, 0.05) is 12.8 Å². The topological polar surface area (TPSA) is 95.9 Å². The molecule has 1 amide bonds. The van der Waals surface area contributed by atoms with Gasteiger partial charge in [0.15, 0.2) is 0 Å². The molecule has 0 heterocycles. The summed E-state index contributed by atoms with van der Waals surface area (Å²) >= 11 is 0. The minimum Gasteiger partial charge on any atom is -0.466 e. The molecule has 0 saturated carbocycles. The molecule has 0 aliphatic carbocycles. The number of aliphatic hydroxyl groups is 2. The Morgan fingerprint density at radius 1 is 0.329 bits per heavy atom. The number of nitrogens with one attached hydrogen (secondary N) is 1. The van der Waals surface area contributed by atoms with Gasteiger partial charge >= 0.3 is 5.97 Å². The molecule has 0 aromatic carbocycles. The van der Waals surface area contributed by atoms with Crippen molar-refractivity contribution in [3.05, 3.63) is 12.2 Å². The quantitative estimate of drug-likeness (QED) is 0.0320. The van der Waals surface area contributed by atoms with Gasteiger partial charge in [0.2, 0.25) is 5.91 Å². The third kappa shape index (κ3) is 67.7. The van der Waals surface area contributed by atoms with Crippen LogP contribution in [0.2, 0.25) is 0 Å². The van der Waals surface area contributed by atoms with Crippen molar-refractivity contribution in [3.63, 3.8) is 0 Å². The summed E-state index contributed by atoms with van der Waals surface area (Å²) in [6.45, 7) is 4.99. The number of unbranched alkanes of at least 4 members (excludes halogenated alkanes) is 59. The van der Waals surface area contributed by atoms with E-state index < -0.39 is 12.1 Å². The Kier molecular flexibility index (Phi) is 70.8. The van der Waals surface area contributed by atoms with Gasteiger partial charge in [-0.1, -0.05) is 386 Å². The molecule has 2 atom stereocenters. The highest BCUT2D eigenvalue weighted by Gasteiger charge is 2.20. The summed E-state index contributed by atoms with van der Waals surface area (Å²) in [4.78, 5) is 24.5. The minimum absolute atomic E-state index is 0.0240. The molecule has 0 bridgehead atoms. The predicted molar refractivity (Wildman–Crippen MR) is 361 cm³/mol. The Labute approximate surface area is 514 Å². The van der Waals surface area contributed by atoms with Crippen LogP contribution < -0.4 is 5.32 Å². The second kappa shape index (κ2) is 72.1. The molecule has 0 spiro atoms. The van der Waals surface area contributed by atoms with E-state index in [4.69, 9.17) is 4.74 Å². The number of carbonyl (C=O) groups excluding carboxylic acids is 2. The van der Waals surface area contributed by atoms with Gasteiger partial charge in [0.25, 0.3) is 0 Å². The van der Waals surface area contributed by atoms with Crippen LogP contribution in [-0.2, 0) is 14.3 Å². The standard InChI is InChI=1S/C76H149NO5/c1-3-5-7-9-11-13-15-17-45-48-52-56-60-64-68-74(79)73(72-78)77-75(80)69-65-61-57-53-49-46-43-41-39-37-35-33-31-29-27-25-23-21-19-18-20-22-24-26-28-30-32-34-36-38-40-42-44-47-51-55-59-63-67-71-82-76(81)70-66-62-58-54-50-16-14-12-10-8-6-4-2/h18-19,73-74,78-79H,3-17,20-72H2,1-2H3,(H,77,80)/b19-18-. The van der Waals surface area contributed by atoms with Gasteiger partial charge < -0.3 is 20.3 Å². The molecule has 2 unspecified atom stereocenters. The molecule has 0 rings (SSSR count). The van der Waals surface area contributed by atoms with Crippen LogP contribution in [0.3, 0.4) is 0 Å². The van der Waals surface area contributed by atoms with E-state index in [1.54, 1.807) is 0 Å². The number of aliphatic hydroxyl groups excluding tert-OH is 2. The summed E-state index contributed by atoms with van der Waals surface area (Å²) in [7, 11) is 0. The van der Waals surface area contributed by atoms with Crippen molar-refractivity contribution in [1.29, 1.82) is 0 Å². The summed E-state index contributed by atoms with van der Waals surface area (Å²) in [5.41, 5.74) is 0. The first kappa shape index (κ1) is 80.6. The number of rotatable bonds is 72. The first-order valence-electron chi connectivity index (χ1n) is 37.9. The number of esters is 1. The van der Waals surface area contributed by atoms with E-state index in [2.05, 4.69) is 31.3 Å². The Hall–Kier alpha value is -1.40. The number of hydrogen-bond acceptors (Lipinski definition) is 5. The molecule has 0 radical (unpaired) electrons. The van der Waals surface area contributed by atoms with Gasteiger partial charge in [-0.25, -0.2) is 0 Å². The highest BCUT2D eigenvalue weighted by molar-refractivity contribution is 5.76. The molecule has 3 N–H and O–H groups in total. The second-order valence-corrected chi connectivity index (χ2v) is 26.3. The highest BCUT2D eigenvalue weighted by atomic mass is 16.5. The van der Waals surface area contributed by atoms with Crippen molar-refractivity contribution < 1.29 is 24.5 Å². The van der Waals surface area contributed by atoms with Crippen molar-refractivity contribution >= 4 is 11.9 Å². The van der Waals surface area contributed by atoms with Gasteiger partial charge in [0.1, 0.15) is 0 Å². The molecule has 82 heavy (non-hydrogen) atoms. The van der Waals surface area contributed by atoms with E-state index in [0.717, 1.165) is 38.5 Å². The van der Waals surface area contributed by atoms with E-state index in [1.807, 2.05) is 0 Å². The van der Waals surface area contributed by atoms with Crippen molar-refractivity contribution in [2.24, 2.45) is 0 Å². The lowest BCUT2D eigenvalue weighted by Gasteiger charge is -2.22. The molecular formula is C76H149NO5. The second-order valence-electron chi connectivity index (χ2n) is 26.3. The number of amides is 1. The summed E-state index contributed by atoms with van der Waals surface area (Å²) in [5.74, 6) is -0.00332. The van der Waals surface area contributed by atoms with Gasteiger partial charge in [-0.3, -0.25) is 9.59 Å². The molecule has 488 valence electrons. The zero-order valence-electron chi connectivity index (χ0n) is 56.0. The van der Waals surface area contributed by atoms with Crippen molar-refractivity contribution in [1.82, 2.24) is 5.32 Å². The van der Waals surface area contributed by atoms with Gasteiger partial charge in [-0.05, 0) is 51.4 Å². The lowest BCUT2D eigenvalue weighted by Crippen LogP contribution is -2.45. The molecule has 0 aromatic heterocycles. The Bertz CT molecular complexity index is 1240. The molecule has 0 aliphatic rings. The minimum atomic E-state index is -0.660. The van der Waals surface area contributed by atoms with Crippen molar-refractivity contribution in [2.45, 2.75) is 450 Å². The van der Waals surface area contributed by atoms with Crippen LogP contribution in [0.25, 0.3) is 0 Å². The van der Waals surface area contributed by atoms with E-state index in [1.165, 1.54) is 366 Å². The molecule has 0 saturated heterocycles. The van der Waals surface area contributed by atoms with E-state index in [0.29, 0.717) is 25.9 Å². The average molecular weight is 1160 g/mol. The first-order chi connectivity index (χ1) is 40.5. The number of carbonyl (C=O) groups is 2. The van der Waals surface area contributed by atoms with Crippen LogP contribution in [0.4, 0.5) is 0 Å². The van der Waals surface area contributed by atoms with Crippen LogP contribution in [0.1, 0.15) is 438 Å². The third-order valence-electron chi connectivity index (χ3n) is 18.1. The van der Waals surface area contributed by atoms with E-state index >= 15 is 0 Å². The Balaban J connectivity index is 3.30. The number of ether oxygens (including phenoxy) is 1. The van der Waals surface area contributed by atoms with Gasteiger partial charge in [-0.15, -0.1) is 0 Å². The summed E-state index contributed by atoms with van der Waals surface area (Å²) < 4.78 is 5.49. The molecular weight excluding hydrogens is 1010 g/mol. The lowest BCUT2D eigenvalue weighted by atomic mass is 10.0. The normalized spacial score (nSPS) is 12.5. The molecule has 6 nitrogen and oxygen atoms in total. The van der Waals surface area contributed by atoms with Crippen LogP contribution in [0.5, 0.6) is 0 Å². The average Bonchev–Trinajstić information content (AvgIpc) is 3.48. The Morgan fingerprint density at radius 2 is 0.573 bits per heavy atom. The van der Waals surface area contributed by atoms with Gasteiger partial charge in [0.05, 0.1) is 25.4 Å². The monoisotopic (exact) mass is 1160 g/mol. The fraction of sp³-hybridized carbons (Fsp3) is 0.947. The fourth-order valence-corrected chi connectivity index (χ4v) is 12.3. The summed E-state index contributed by atoms with van der Waals surface area (Å²) in [6.07, 6.45) is 90.2. The summed E-state index contributed by atoms with van der Waals surface area (Å²) in [6, 6.07) is -0.537. The zero-order valence-corrected chi connectivity index (χ0v) is 56.0. The molecule has 0 fully saturated rings. The summed E-state index contributed by atoms with van der Waals surface area (Å²) in [5, 5.41) is 23.3. The third-order valence-corrected chi connectivity index (χ3v) is 18.1. The molecule has 6 heteroatoms. The van der Waals surface area contributed by atoms with Crippen LogP contribution >= 0.6 is 0 Å². The number of allylic oxidation sites excluding steroid dienone is 2. The van der Waals surface area contributed by atoms with E-state index in [9.17, 15) is 19.8 Å². The highest BCUT2D eigenvalue weighted by Crippen LogP contribution is 2.20. The van der Waals surface area contributed by atoms with Crippen LogP contribution in [0, 0.1) is 0 Å². The first-order valence-corrected chi connectivity index (χ1v) is 37.9. The lowest BCUT2D eigenvalue weighted by molar-refractivity contribution is -0.143. The van der Waals surface area contributed by atoms with Crippen molar-refractivity contribution in [3.8, 4) is 0 Å². The van der Waals surface area contributed by atoms with Crippen LogP contribution in [-0.4, -0.2) is 47.4 Å². The largest absolute Gasteiger partial charge is 0.466 e. The van der Waals surface area contributed by atoms with Crippen LogP contribution in [0.15, 0.2) is 12.2 Å². The zero-order chi connectivity index (χ0) is 59.2. The number of hydrogen-bond donors (Lipinski definition) is 3. The fourth-order valence-electron chi connectivity index (χ4n) is 12.3. The van der Waals surface area contributed by atoms with Gasteiger partial charge in [-0.2, -0.15) is 0 Å². The maximum absolute atomic E-state index is 12.5. The van der Waals surface area contributed by atoms with Crippen molar-refractivity contribution in [2.75, 3.05) is 13.2 Å². The smallest absolute Gasteiger partial charge is 0.305 e. The maximum atomic E-state index is 12.5. The Morgan fingerprint density at radius 3 is 0.866 bits per heavy atom. The molecule has 0 aliphatic heterocycles. The maximum Gasteiger partial charge on any atom is 0.305 e. The predicted octanol–water partition coefficient (Wildman–Crippen LogP) is 24.7. The van der Waals surface area contributed by atoms with E-state index in [-0.39, 0.29) is 18.5 Å². The SMILES string of the molecule is CCCCCCCCCCCCCCCCC(O)C(CO)NC(=O)CCCCCCCCCCCCCCCCCCC/C=C\CCCCCCCCCCCCCCCCCCCCOC(=O)CCCCCCCCCCCCCC.